The SMILES string of the molecule is C=CC(=O)N1CC(F)(C(=O)N2CCC(n3nnc(-c4cc(OC(CO)c5ccc(F)cn5)c5c(c4)ncn5C(F)F)c3C)CC2)C1. The summed E-state index contributed by atoms with van der Waals surface area (Å²) in [5.41, 5.74) is -0.207. The third kappa shape index (κ3) is 5.57. The van der Waals surface area contributed by atoms with Gasteiger partial charge in [0.15, 0.2) is 6.10 Å². The normalized spacial score (nSPS) is 17.3. The molecule has 1 aromatic carbocycles. The average Bonchev–Trinajstić information content (AvgIpc) is 3.65. The molecule has 1 unspecified atom stereocenters. The van der Waals surface area contributed by atoms with Gasteiger partial charge in [0.25, 0.3) is 5.91 Å². The van der Waals surface area contributed by atoms with Crippen molar-refractivity contribution >= 4 is 22.8 Å². The molecular formula is C30H30F4N8O4. The molecule has 0 spiro atoms. The van der Waals surface area contributed by atoms with Gasteiger partial charge in [-0.05, 0) is 50.1 Å². The third-order valence-electron chi connectivity index (χ3n) is 8.41. The molecule has 46 heavy (non-hydrogen) atoms. The fourth-order valence-electron chi connectivity index (χ4n) is 5.96. The van der Waals surface area contributed by atoms with E-state index in [1.54, 1.807) is 17.7 Å². The molecule has 1 atom stereocenters. The van der Waals surface area contributed by atoms with E-state index in [1.807, 2.05) is 0 Å². The molecule has 4 aromatic rings. The first-order valence-electron chi connectivity index (χ1n) is 14.5. The van der Waals surface area contributed by atoms with Crippen LogP contribution in [-0.2, 0) is 9.59 Å². The van der Waals surface area contributed by atoms with Gasteiger partial charge < -0.3 is 19.6 Å². The van der Waals surface area contributed by atoms with E-state index in [4.69, 9.17) is 4.74 Å². The Morgan fingerprint density at radius 1 is 1.17 bits per heavy atom. The number of aromatic nitrogens is 6. The van der Waals surface area contributed by atoms with Gasteiger partial charge in [0.05, 0.1) is 48.8 Å². The standard InChI is InChI=1S/C30H30F4N8O4/c1-3-25(44)40-14-30(34,15-40)28(45)39-8-6-20(7-9-39)42-17(2)26(37-38-42)18-10-22-27(41(16-36-22)29(32)33)23(11-18)46-24(13-43)21-5-4-19(31)12-35-21/h3-5,10-12,16,20,24,29,43H,1,6-9,13-15H2,2H3. The largest absolute Gasteiger partial charge is 0.479 e. The highest BCUT2D eigenvalue weighted by atomic mass is 19.3. The first-order chi connectivity index (χ1) is 22.0. The van der Waals surface area contributed by atoms with Crippen molar-refractivity contribution in [1.29, 1.82) is 0 Å². The lowest BCUT2D eigenvalue weighted by molar-refractivity contribution is -0.162. The summed E-state index contributed by atoms with van der Waals surface area (Å²) in [6, 6.07) is 5.40. The second-order valence-corrected chi connectivity index (χ2v) is 11.3. The molecule has 2 aliphatic heterocycles. The molecule has 0 bridgehead atoms. The number of imidazole rings is 1. The Hall–Kier alpha value is -4.86. The van der Waals surface area contributed by atoms with E-state index in [2.05, 4.69) is 26.9 Å². The van der Waals surface area contributed by atoms with E-state index >= 15 is 4.39 Å². The van der Waals surface area contributed by atoms with Crippen molar-refractivity contribution in [2.75, 3.05) is 32.8 Å². The predicted octanol–water partition coefficient (Wildman–Crippen LogP) is 3.54. The number of hydrogen-bond acceptors (Lipinski definition) is 8. The van der Waals surface area contributed by atoms with E-state index in [9.17, 15) is 27.9 Å². The second-order valence-electron chi connectivity index (χ2n) is 11.3. The smallest absolute Gasteiger partial charge is 0.320 e. The molecule has 1 N–H and O–H groups in total. The minimum absolute atomic E-state index is 0.0181. The van der Waals surface area contributed by atoms with E-state index < -0.39 is 42.6 Å². The van der Waals surface area contributed by atoms with Crippen LogP contribution in [0.1, 0.15) is 42.9 Å². The zero-order chi connectivity index (χ0) is 32.7. The summed E-state index contributed by atoms with van der Waals surface area (Å²) < 4.78 is 64.8. The number of ether oxygens (including phenoxy) is 1. The topological polar surface area (TPSA) is 132 Å². The minimum Gasteiger partial charge on any atom is -0.479 e. The number of halogens is 4. The lowest BCUT2D eigenvalue weighted by atomic mass is 9.92. The summed E-state index contributed by atoms with van der Waals surface area (Å²) in [4.78, 5) is 35.4. The van der Waals surface area contributed by atoms with E-state index in [0.717, 1.165) is 24.7 Å². The maximum Gasteiger partial charge on any atom is 0.320 e. The van der Waals surface area contributed by atoms with Crippen LogP contribution in [0.3, 0.4) is 0 Å². The van der Waals surface area contributed by atoms with Crippen molar-refractivity contribution in [3.8, 4) is 17.0 Å². The van der Waals surface area contributed by atoms with Crippen LogP contribution in [0.4, 0.5) is 17.6 Å². The highest BCUT2D eigenvalue weighted by Crippen LogP contribution is 2.38. The maximum absolute atomic E-state index is 15.2. The van der Waals surface area contributed by atoms with E-state index in [-0.39, 0.29) is 54.7 Å². The Morgan fingerprint density at radius 3 is 2.54 bits per heavy atom. The Labute approximate surface area is 259 Å². The van der Waals surface area contributed by atoms with Crippen molar-refractivity contribution in [3.63, 3.8) is 0 Å². The molecule has 0 radical (unpaired) electrons. The summed E-state index contributed by atoms with van der Waals surface area (Å²) in [5.74, 6) is -1.68. The highest BCUT2D eigenvalue weighted by molar-refractivity contribution is 5.93. The zero-order valence-corrected chi connectivity index (χ0v) is 24.7. The number of likely N-dealkylation sites (tertiary alicyclic amines) is 2. The van der Waals surface area contributed by atoms with Gasteiger partial charge in [-0.25, -0.2) is 18.4 Å². The maximum atomic E-state index is 15.2. The number of alkyl halides is 3. The summed E-state index contributed by atoms with van der Waals surface area (Å²) in [5, 5.41) is 18.7. The predicted molar refractivity (Wildman–Crippen MR) is 155 cm³/mol. The quantitative estimate of drug-likeness (QED) is 0.217. The monoisotopic (exact) mass is 642 g/mol. The number of benzene rings is 1. The van der Waals surface area contributed by atoms with Crippen molar-refractivity contribution in [1.82, 2.24) is 39.3 Å². The molecule has 16 heteroatoms. The third-order valence-corrected chi connectivity index (χ3v) is 8.41. The van der Waals surface area contributed by atoms with Gasteiger partial charge in [0.1, 0.15) is 29.1 Å². The summed E-state index contributed by atoms with van der Waals surface area (Å²) in [6.45, 7) is 1.65. The number of piperidine rings is 1. The van der Waals surface area contributed by atoms with Crippen molar-refractivity contribution < 1.29 is 37.0 Å². The first-order valence-corrected chi connectivity index (χ1v) is 14.5. The molecule has 3 aromatic heterocycles. The van der Waals surface area contributed by atoms with Gasteiger partial charge in [-0.15, -0.1) is 5.10 Å². The zero-order valence-electron chi connectivity index (χ0n) is 24.7. The second kappa shape index (κ2) is 12.2. The van der Waals surface area contributed by atoms with Gasteiger partial charge >= 0.3 is 6.55 Å². The van der Waals surface area contributed by atoms with Crippen LogP contribution < -0.4 is 4.74 Å². The number of hydrogen-bond donors (Lipinski definition) is 1. The Balaban J connectivity index is 1.23. The van der Waals surface area contributed by atoms with Crippen LogP contribution in [0.25, 0.3) is 22.3 Å². The molecule has 242 valence electrons. The number of rotatable bonds is 9. The number of aliphatic hydroxyl groups is 1. The van der Waals surface area contributed by atoms with Gasteiger partial charge in [0.2, 0.25) is 11.6 Å². The minimum atomic E-state index is -2.93. The molecule has 2 amide bonds. The lowest BCUT2D eigenvalue weighted by Crippen LogP contribution is -2.68. The molecule has 2 fully saturated rings. The van der Waals surface area contributed by atoms with Crippen LogP contribution in [0.5, 0.6) is 5.75 Å². The number of nitrogens with zero attached hydrogens (tertiary/aromatic N) is 8. The molecule has 5 heterocycles. The number of pyridine rings is 1. The molecule has 0 aliphatic carbocycles. The summed E-state index contributed by atoms with van der Waals surface area (Å²) in [7, 11) is 0. The lowest BCUT2D eigenvalue weighted by Gasteiger charge is -2.45. The first kappa shape index (κ1) is 31.1. The van der Waals surface area contributed by atoms with E-state index in [0.29, 0.717) is 34.4 Å². The van der Waals surface area contributed by atoms with Gasteiger partial charge in [-0.1, -0.05) is 11.8 Å². The van der Waals surface area contributed by atoms with Crippen LogP contribution >= 0.6 is 0 Å². The van der Waals surface area contributed by atoms with Crippen molar-refractivity contribution in [2.24, 2.45) is 0 Å². The molecule has 2 saturated heterocycles. The Morgan fingerprint density at radius 2 is 1.91 bits per heavy atom. The average molecular weight is 643 g/mol. The van der Waals surface area contributed by atoms with Crippen LogP contribution in [0.15, 0.2) is 49.4 Å². The molecule has 0 saturated carbocycles. The van der Waals surface area contributed by atoms with Crippen molar-refractivity contribution in [2.45, 2.75) is 44.1 Å². The highest BCUT2D eigenvalue weighted by Gasteiger charge is 2.53. The number of carbonyl (C=O) groups excluding carboxylic acids is 2. The molecular weight excluding hydrogens is 612 g/mol. The Kier molecular flexibility index (Phi) is 8.22. The summed E-state index contributed by atoms with van der Waals surface area (Å²) >= 11 is 0. The number of aliphatic hydroxyl groups excluding tert-OH is 1. The van der Waals surface area contributed by atoms with Gasteiger partial charge in [0, 0.05) is 18.7 Å². The summed E-state index contributed by atoms with van der Waals surface area (Å²) in [6.07, 6.45) is 2.89. The van der Waals surface area contributed by atoms with Gasteiger partial charge in [-0.2, -0.15) is 8.78 Å². The fraction of sp³-hybridized carbons (Fsp3) is 0.400. The van der Waals surface area contributed by atoms with Gasteiger partial charge in [-0.3, -0.25) is 19.1 Å². The van der Waals surface area contributed by atoms with Crippen LogP contribution in [0.2, 0.25) is 0 Å². The molecule has 6 rings (SSSR count). The number of carbonyl (C=O) groups is 2. The fourth-order valence-corrected chi connectivity index (χ4v) is 5.96. The Bertz CT molecular complexity index is 1780. The van der Waals surface area contributed by atoms with Crippen LogP contribution in [0, 0.1) is 12.7 Å². The number of amides is 2. The number of fused-ring (bicyclic) bond motifs is 1. The van der Waals surface area contributed by atoms with Crippen LogP contribution in [-0.4, -0.2) is 94.7 Å². The molecule has 12 nitrogen and oxygen atoms in total. The molecule has 2 aliphatic rings. The van der Waals surface area contributed by atoms with Crippen molar-refractivity contribution in [3.05, 3.63) is 66.6 Å². The van der Waals surface area contributed by atoms with E-state index in [1.165, 1.54) is 21.9 Å².